The first-order valence-corrected chi connectivity index (χ1v) is 6.26. The molecule has 19 heavy (non-hydrogen) atoms. The molecule has 0 aliphatic rings. The number of nitrogens with two attached hydrogens (primary N) is 1. The van der Waals surface area contributed by atoms with Crippen LogP contribution in [-0.4, -0.2) is 38.6 Å². The Labute approximate surface area is 113 Å². The highest BCUT2D eigenvalue weighted by molar-refractivity contribution is 5.83. The van der Waals surface area contributed by atoms with Crippen LogP contribution in [0.15, 0.2) is 18.2 Å². The van der Waals surface area contributed by atoms with E-state index in [9.17, 15) is 9.18 Å². The van der Waals surface area contributed by atoms with E-state index < -0.39 is 5.82 Å². The zero-order valence-electron chi connectivity index (χ0n) is 11.6. The van der Waals surface area contributed by atoms with E-state index in [1.165, 1.54) is 18.1 Å². The predicted molar refractivity (Wildman–Crippen MR) is 72.7 cm³/mol. The van der Waals surface area contributed by atoms with Crippen molar-refractivity contribution < 1.29 is 13.9 Å². The van der Waals surface area contributed by atoms with E-state index in [0.29, 0.717) is 18.5 Å². The fourth-order valence-corrected chi connectivity index (χ4v) is 1.97. The summed E-state index contributed by atoms with van der Waals surface area (Å²) in [5, 5.41) is 0. The number of hydrogen-bond donors (Lipinski definition) is 1. The smallest absolute Gasteiger partial charge is 0.229 e. The summed E-state index contributed by atoms with van der Waals surface area (Å²) in [5.41, 5.74) is 6.15. The third kappa shape index (κ3) is 3.92. The number of hydrogen-bond acceptors (Lipinski definition) is 3. The first-order valence-electron chi connectivity index (χ1n) is 6.26. The van der Waals surface area contributed by atoms with Crippen LogP contribution in [0.1, 0.15) is 24.3 Å². The molecule has 1 unspecified atom stereocenters. The minimum Gasteiger partial charge on any atom is -0.494 e. The number of amides is 1. The van der Waals surface area contributed by atoms with E-state index in [0.717, 1.165) is 6.42 Å². The molecule has 0 aromatic heterocycles. The summed E-state index contributed by atoms with van der Waals surface area (Å²) in [6.07, 6.45) is 1.33. The maximum Gasteiger partial charge on any atom is 0.229 e. The molecule has 0 spiro atoms. The number of benzene rings is 1. The van der Waals surface area contributed by atoms with Crippen molar-refractivity contribution in [2.75, 3.05) is 27.7 Å². The van der Waals surface area contributed by atoms with Gasteiger partial charge < -0.3 is 15.4 Å². The third-order valence-corrected chi connectivity index (χ3v) is 3.01. The van der Waals surface area contributed by atoms with E-state index in [2.05, 4.69) is 0 Å². The van der Waals surface area contributed by atoms with Gasteiger partial charge in [-0.15, -0.1) is 0 Å². The number of methoxy groups -OCH3 is 1. The Kier molecular flexibility index (Phi) is 5.76. The zero-order valence-corrected chi connectivity index (χ0v) is 11.6. The molecule has 1 aromatic rings. The number of halogens is 1. The quantitative estimate of drug-likeness (QED) is 0.855. The molecule has 0 aliphatic carbocycles. The first-order chi connectivity index (χ1) is 9.01. The maximum atomic E-state index is 13.7. The Hall–Kier alpha value is -1.62. The van der Waals surface area contributed by atoms with Gasteiger partial charge in [0.05, 0.1) is 13.0 Å². The molecular formula is C14H21FN2O2. The van der Waals surface area contributed by atoms with Gasteiger partial charge in [0.25, 0.3) is 0 Å². The van der Waals surface area contributed by atoms with Crippen LogP contribution in [0.3, 0.4) is 0 Å². The average molecular weight is 268 g/mol. The van der Waals surface area contributed by atoms with Crippen LogP contribution < -0.4 is 10.5 Å². The number of ether oxygens (including phenoxy) is 1. The second-order valence-electron chi connectivity index (χ2n) is 4.61. The molecule has 0 radical (unpaired) electrons. The van der Waals surface area contributed by atoms with Crippen LogP contribution in [0.25, 0.3) is 0 Å². The lowest BCUT2D eigenvalue weighted by atomic mass is 9.92. The maximum absolute atomic E-state index is 13.7. The van der Waals surface area contributed by atoms with Crippen LogP contribution in [0.2, 0.25) is 0 Å². The van der Waals surface area contributed by atoms with Crippen LogP contribution in [0.4, 0.5) is 4.39 Å². The molecular weight excluding hydrogens is 247 g/mol. The lowest BCUT2D eigenvalue weighted by Gasteiger charge is -2.21. The minimum absolute atomic E-state index is 0.0435. The SMILES string of the molecule is COc1ccc(C(CCCN)C(=O)N(C)C)cc1F. The summed E-state index contributed by atoms with van der Waals surface area (Å²) in [7, 11) is 4.80. The molecule has 0 aliphatic heterocycles. The van der Waals surface area contributed by atoms with Gasteiger partial charge in [-0.2, -0.15) is 0 Å². The van der Waals surface area contributed by atoms with Gasteiger partial charge in [0.15, 0.2) is 11.6 Å². The van der Waals surface area contributed by atoms with E-state index in [-0.39, 0.29) is 17.6 Å². The van der Waals surface area contributed by atoms with Gasteiger partial charge in [-0.05, 0) is 37.1 Å². The Morgan fingerprint density at radius 1 is 1.47 bits per heavy atom. The van der Waals surface area contributed by atoms with Gasteiger partial charge in [0.2, 0.25) is 5.91 Å². The van der Waals surface area contributed by atoms with Crippen molar-refractivity contribution in [3.05, 3.63) is 29.6 Å². The van der Waals surface area contributed by atoms with Crippen LogP contribution >= 0.6 is 0 Å². The van der Waals surface area contributed by atoms with Crippen molar-refractivity contribution in [1.29, 1.82) is 0 Å². The second kappa shape index (κ2) is 7.09. The molecule has 1 amide bonds. The van der Waals surface area contributed by atoms with Crippen molar-refractivity contribution in [3.63, 3.8) is 0 Å². The van der Waals surface area contributed by atoms with Crippen molar-refractivity contribution in [2.45, 2.75) is 18.8 Å². The first kappa shape index (κ1) is 15.4. The summed E-state index contributed by atoms with van der Waals surface area (Å²) in [4.78, 5) is 13.7. The Bertz CT molecular complexity index is 435. The normalized spacial score (nSPS) is 12.1. The average Bonchev–Trinajstić information content (AvgIpc) is 2.39. The Balaban J connectivity index is 3.03. The van der Waals surface area contributed by atoms with Gasteiger partial charge in [-0.25, -0.2) is 4.39 Å². The predicted octanol–water partition coefficient (Wildman–Crippen LogP) is 1.74. The Morgan fingerprint density at radius 2 is 2.16 bits per heavy atom. The van der Waals surface area contributed by atoms with Gasteiger partial charge in [0.1, 0.15) is 0 Å². The lowest BCUT2D eigenvalue weighted by molar-refractivity contribution is -0.130. The molecule has 0 saturated carbocycles. The largest absolute Gasteiger partial charge is 0.494 e. The molecule has 2 N–H and O–H groups in total. The molecule has 1 atom stereocenters. The molecule has 1 aromatic carbocycles. The molecule has 0 bridgehead atoms. The van der Waals surface area contributed by atoms with Crippen molar-refractivity contribution in [2.24, 2.45) is 5.73 Å². The highest BCUT2D eigenvalue weighted by atomic mass is 19.1. The molecule has 0 heterocycles. The highest BCUT2D eigenvalue weighted by Crippen LogP contribution is 2.27. The van der Waals surface area contributed by atoms with Gasteiger partial charge >= 0.3 is 0 Å². The molecule has 1 rings (SSSR count). The fourth-order valence-electron chi connectivity index (χ4n) is 1.97. The Morgan fingerprint density at radius 3 is 2.63 bits per heavy atom. The molecule has 5 heteroatoms. The highest BCUT2D eigenvalue weighted by Gasteiger charge is 2.22. The lowest BCUT2D eigenvalue weighted by Crippen LogP contribution is -2.28. The second-order valence-corrected chi connectivity index (χ2v) is 4.61. The van der Waals surface area contributed by atoms with Gasteiger partial charge in [-0.1, -0.05) is 6.07 Å². The van der Waals surface area contributed by atoms with Crippen LogP contribution in [0, 0.1) is 5.82 Å². The number of carbonyl (C=O) groups is 1. The summed E-state index contributed by atoms with van der Waals surface area (Å²) >= 11 is 0. The van der Waals surface area contributed by atoms with Crippen molar-refractivity contribution >= 4 is 5.91 Å². The number of carbonyl (C=O) groups excluding carboxylic acids is 1. The number of rotatable bonds is 6. The van der Waals surface area contributed by atoms with Crippen molar-refractivity contribution in [3.8, 4) is 5.75 Å². The van der Waals surface area contributed by atoms with Crippen LogP contribution in [-0.2, 0) is 4.79 Å². The van der Waals surface area contributed by atoms with Gasteiger partial charge in [-0.3, -0.25) is 4.79 Å². The zero-order chi connectivity index (χ0) is 14.4. The van der Waals surface area contributed by atoms with Gasteiger partial charge in [0, 0.05) is 14.1 Å². The summed E-state index contributed by atoms with van der Waals surface area (Å²) in [6.45, 7) is 0.510. The standard InChI is InChI=1S/C14H21FN2O2/c1-17(2)14(18)11(5-4-8-16)10-6-7-13(19-3)12(15)9-10/h6-7,9,11H,4-5,8,16H2,1-3H3. The van der Waals surface area contributed by atoms with Crippen LogP contribution in [0.5, 0.6) is 5.75 Å². The summed E-state index contributed by atoms with van der Waals surface area (Å²) in [6, 6.07) is 4.63. The van der Waals surface area contributed by atoms with Crippen molar-refractivity contribution in [1.82, 2.24) is 4.90 Å². The van der Waals surface area contributed by atoms with E-state index in [1.807, 2.05) is 0 Å². The van der Waals surface area contributed by atoms with E-state index >= 15 is 0 Å². The molecule has 0 saturated heterocycles. The summed E-state index contributed by atoms with van der Waals surface area (Å²) in [5.74, 6) is -0.681. The van der Waals surface area contributed by atoms with E-state index in [1.54, 1.807) is 26.2 Å². The topological polar surface area (TPSA) is 55.6 Å². The number of nitrogens with zero attached hydrogens (tertiary/aromatic N) is 1. The number of likely N-dealkylation sites (N-methyl/N-ethyl adjacent to an activating group) is 1. The molecule has 0 fully saturated rings. The monoisotopic (exact) mass is 268 g/mol. The summed E-state index contributed by atoms with van der Waals surface area (Å²) < 4.78 is 18.6. The molecule has 4 nitrogen and oxygen atoms in total. The third-order valence-electron chi connectivity index (χ3n) is 3.01. The minimum atomic E-state index is -0.454. The van der Waals surface area contributed by atoms with E-state index in [4.69, 9.17) is 10.5 Å². The fraction of sp³-hybridized carbons (Fsp3) is 0.500. The molecule has 106 valence electrons.